The summed E-state index contributed by atoms with van der Waals surface area (Å²) in [6.45, 7) is 6.96. The van der Waals surface area contributed by atoms with Crippen LogP contribution in [0.15, 0.2) is 42.6 Å². The van der Waals surface area contributed by atoms with Crippen LogP contribution in [0.4, 0.5) is 0 Å². The minimum absolute atomic E-state index is 0.0994. The zero-order chi connectivity index (χ0) is 18.7. The quantitative estimate of drug-likeness (QED) is 0.639. The second-order valence-electron chi connectivity index (χ2n) is 7.09. The molecule has 3 aromatic rings. The van der Waals surface area contributed by atoms with Crippen molar-refractivity contribution < 1.29 is 4.79 Å². The topological polar surface area (TPSA) is 70.9 Å². The van der Waals surface area contributed by atoms with Crippen molar-refractivity contribution in [2.24, 2.45) is 5.73 Å². The predicted molar refractivity (Wildman–Crippen MR) is 107 cm³/mol. The van der Waals surface area contributed by atoms with Crippen LogP contribution in [0.25, 0.3) is 10.9 Å². The van der Waals surface area contributed by atoms with Gasteiger partial charge in [-0.2, -0.15) is 0 Å². The van der Waals surface area contributed by atoms with Crippen molar-refractivity contribution in [3.8, 4) is 0 Å². The van der Waals surface area contributed by atoms with E-state index in [0.29, 0.717) is 13.0 Å². The molecule has 0 saturated heterocycles. The van der Waals surface area contributed by atoms with E-state index in [2.05, 4.69) is 49.3 Å². The van der Waals surface area contributed by atoms with Crippen molar-refractivity contribution in [1.82, 2.24) is 10.3 Å². The Hall–Kier alpha value is -2.59. The zero-order valence-corrected chi connectivity index (χ0v) is 15.7. The smallest absolute Gasteiger partial charge is 0.237 e. The molecule has 26 heavy (non-hydrogen) atoms. The van der Waals surface area contributed by atoms with Gasteiger partial charge in [0, 0.05) is 23.6 Å². The van der Waals surface area contributed by atoms with Gasteiger partial charge in [-0.15, -0.1) is 0 Å². The van der Waals surface area contributed by atoms with E-state index >= 15 is 0 Å². The van der Waals surface area contributed by atoms with Gasteiger partial charge < -0.3 is 16.0 Å². The molecule has 3 rings (SSSR count). The Morgan fingerprint density at radius 1 is 1.15 bits per heavy atom. The maximum atomic E-state index is 12.4. The summed E-state index contributed by atoms with van der Waals surface area (Å²) in [5, 5.41) is 4.11. The average molecular weight is 349 g/mol. The number of aromatic amines is 1. The third-order valence-electron chi connectivity index (χ3n) is 4.97. The van der Waals surface area contributed by atoms with E-state index in [1.54, 1.807) is 0 Å². The Morgan fingerprint density at radius 2 is 1.85 bits per heavy atom. The number of aromatic nitrogens is 1. The molecule has 0 aliphatic rings. The first kappa shape index (κ1) is 18.2. The lowest BCUT2D eigenvalue weighted by Crippen LogP contribution is -2.42. The number of nitrogens with two attached hydrogens (primary N) is 1. The van der Waals surface area contributed by atoms with Gasteiger partial charge in [0.15, 0.2) is 0 Å². The van der Waals surface area contributed by atoms with Gasteiger partial charge in [0.1, 0.15) is 0 Å². The van der Waals surface area contributed by atoms with E-state index in [4.69, 9.17) is 5.73 Å². The normalized spacial score (nSPS) is 12.3. The van der Waals surface area contributed by atoms with Crippen LogP contribution in [0.1, 0.15) is 27.8 Å². The summed E-state index contributed by atoms with van der Waals surface area (Å²) in [5.41, 5.74) is 13.4. The number of hydrogen-bond acceptors (Lipinski definition) is 2. The number of aryl methyl sites for hydroxylation is 3. The van der Waals surface area contributed by atoms with Crippen LogP contribution >= 0.6 is 0 Å². The fourth-order valence-electron chi connectivity index (χ4n) is 3.68. The molecule has 0 unspecified atom stereocenters. The van der Waals surface area contributed by atoms with E-state index in [9.17, 15) is 4.79 Å². The van der Waals surface area contributed by atoms with Crippen LogP contribution in [-0.2, 0) is 17.6 Å². The molecule has 4 heteroatoms. The fraction of sp³-hybridized carbons (Fsp3) is 0.318. The highest BCUT2D eigenvalue weighted by atomic mass is 16.2. The molecular weight excluding hydrogens is 322 g/mol. The van der Waals surface area contributed by atoms with Gasteiger partial charge in [0.05, 0.1) is 6.04 Å². The first-order chi connectivity index (χ1) is 12.5. The molecule has 0 radical (unpaired) electrons. The number of hydrogen-bond donors (Lipinski definition) is 3. The van der Waals surface area contributed by atoms with Gasteiger partial charge in [-0.1, -0.05) is 35.9 Å². The molecule has 1 heterocycles. The third kappa shape index (κ3) is 3.97. The van der Waals surface area contributed by atoms with E-state index in [1.807, 2.05) is 24.4 Å². The monoisotopic (exact) mass is 349 g/mol. The molecule has 1 aromatic heterocycles. The number of rotatable bonds is 6. The van der Waals surface area contributed by atoms with E-state index in [0.717, 1.165) is 22.9 Å². The van der Waals surface area contributed by atoms with Gasteiger partial charge in [-0.25, -0.2) is 0 Å². The highest BCUT2D eigenvalue weighted by Crippen LogP contribution is 2.19. The van der Waals surface area contributed by atoms with Crippen molar-refractivity contribution in [2.45, 2.75) is 39.7 Å². The third-order valence-corrected chi connectivity index (χ3v) is 4.97. The van der Waals surface area contributed by atoms with Crippen molar-refractivity contribution in [1.29, 1.82) is 0 Å². The summed E-state index contributed by atoms with van der Waals surface area (Å²) in [6.07, 6.45) is 3.29. The van der Waals surface area contributed by atoms with Crippen molar-refractivity contribution >= 4 is 16.8 Å². The molecule has 0 saturated carbocycles. The maximum absolute atomic E-state index is 12.4. The van der Waals surface area contributed by atoms with E-state index in [-0.39, 0.29) is 5.91 Å². The molecule has 0 bridgehead atoms. The maximum Gasteiger partial charge on any atom is 0.237 e. The fourth-order valence-corrected chi connectivity index (χ4v) is 3.68. The standard InChI is InChI=1S/C22H27N3O/c1-14-10-15(2)18(16(3)11-14)8-9-24-22(26)20(23)12-17-13-25-21-7-5-4-6-19(17)21/h4-7,10-11,13,20,25H,8-9,12,23H2,1-3H3,(H,24,26)/t20-/m0/s1. The Morgan fingerprint density at radius 3 is 2.58 bits per heavy atom. The predicted octanol–water partition coefficient (Wildman–Crippen LogP) is 3.32. The van der Waals surface area contributed by atoms with Crippen LogP contribution < -0.4 is 11.1 Å². The molecule has 4 N–H and O–H groups in total. The summed E-state index contributed by atoms with van der Waals surface area (Å²) < 4.78 is 0. The summed E-state index contributed by atoms with van der Waals surface area (Å²) in [5.74, 6) is -0.0994. The molecule has 0 aliphatic heterocycles. The Bertz CT molecular complexity index is 903. The summed E-state index contributed by atoms with van der Waals surface area (Å²) in [4.78, 5) is 15.6. The molecule has 2 aromatic carbocycles. The van der Waals surface area contributed by atoms with Crippen molar-refractivity contribution in [2.75, 3.05) is 6.54 Å². The second kappa shape index (κ2) is 7.75. The largest absolute Gasteiger partial charge is 0.361 e. The van der Waals surface area contributed by atoms with Crippen molar-refractivity contribution in [3.05, 3.63) is 70.4 Å². The van der Waals surface area contributed by atoms with Gasteiger partial charge in [0.2, 0.25) is 5.91 Å². The van der Waals surface area contributed by atoms with Crippen molar-refractivity contribution in [3.63, 3.8) is 0 Å². The Balaban J connectivity index is 1.57. The molecule has 136 valence electrons. The van der Waals surface area contributed by atoms with E-state index in [1.165, 1.54) is 22.3 Å². The summed E-state index contributed by atoms with van der Waals surface area (Å²) in [7, 11) is 0. The highest BCUT2D eigenvalue weighted by molar-refractivity contribution is 5.86. The number of para-hydroxylation sites is 1. The molecule has 0 fully saturated rings. The number of nitrogens with one attached hydrogen (secondary N) is 2. The summed E-state index contributed by atoms with van der Waals surface area (Å²) >= 11 is 0. The molecule has 1 amide bonds. The van der Waals surface area contributed by atoms with Crippen LogP contribution in [0, 0.1) is 20.8 Å². The van der Waals surface area contributed by atoms with Gasteiger partial charge in [-0.05, 0) is 61.9 Å². The number of carbonyl (C=O) groups excluding carboxylic acids is 1. The number of fused-ring (bicyclic) bond motifs is 1. The lowest BCUT2D eigenvalue weighted by Gasteiger charge is -2.14. The Kier molecular flexibility index (Phi) is 5.43. The van der Waals surface area contributed by atoms with Crippen LogP contribution in [0.2, 0.25) is 0 Å². The van der Waals surface area contributed by atoms with Crippen LogP contribution in [-0.4, -0.2) is 23.5 Å². The number of benzene rings is 2. The molecule has 4 nitrogen and oxygen atoms in total. The first-order valence-corrected chi connectivity index (χ1v) is 9.10. The lowest BCUT2D eigenvalue weighted by molar-refractivity contribution is -0.122. The molecule has 1 atom stereocenters. The minimum Gasteiger partial charge on any atom is -0.361 e. The zero-order valence-electron chi connectivity index (χ0n) is 15.7. The second-order valence-corrected chi connectivity index (χ2v) is 7.09. The minimum atomic E-state index is -0.547. The van der Waals surface area contributed by atoms with E-state index < -0.39 is 6.04 Å². The van der Waals surface area contributed by atoms with Crippen LogP contribution in [0.5, 0.6) is 0 Å². The molecule has 0 aliphatic carbocycles. The molecular formula is C22H27N3O. The highest BCUT2D eigenvalue weighted by Gasteiger charge is 2.16. The lowest BCUT2D eigenvalue weighted by atomic mass is 9.97. The number of carbonyl (C=O) groups is 1. The summed E-state index contributed by atoms with van der Waals surface area (Å²) in [6, 6.07) is 11.9. The SMILES string of the molecule is Cc1cc(C)c(CCNC(=O)[C@@H](N)Cc2c[nH]c3ccccc23)c(C)c1. The number of amides is 1. The Labute approximate surface area is 154 Å². The number of H-pyrrole nitrogens is 1. The molecule has 0 spiro atoms. The average Bonchev–Trinajstić information content (AvgIpc) is 3.00. The first-order valence-electron chi connectivity index (χ1n) is 9.10. The van der Waals surface area contributed by atoms with Gasteiger partial charge in [0.25, 0.3) is 0 Å². The van der Waals surface area contributed by atoms with Gasteiger partial charge >= 0.3 is 0 Å². The van der Waals surface area contributed by atoms with Gasteiger partial charge in [-0.3, -0.25) is 4.79 Å². The van der Waals surface area contributed by atoms with Crippen LogP contribution in [0.3, 0.4) is 0 Å².